The SMILES string of the molecule is OCc1csc(N2CCC(CN3CCCCC3)CC2)n1. The van der Waals surface area contributed by atoms with Crippen LogP contribution in [-0.4, -0.2) is 47.7 Å². The highest BCUT2D eigenvalue weighted by atomic mass is 32.1. The van der Waals surface area contributed by atoms with Crippen LogP contribution in [-0.2, 0) is 6.61 Å². The number of aliphatic hydroxyl groups excluding tert-OH is 1. The van der Waals surface area contributed by atoms with Gasteiger partial charge in [0, 0.05) is 25.0 Å². The summed E-state index contributed by atoms with van der Waals surface area (Å²) in [6.45, 7) is 6.22. The maximum Gasteiger partial charge on any atom is 0.185 e. The Morgan fingerprint density at radius 1 is 1.15 bits per heavy atom. The fourth-order valence-corrected chi connectivity index (χ4v) is 4.20. The molecule has 4 nitrogen and oxygen atoms in total. The number of rotatable bonds is 4. The molecule has 1 aromatic heterocycles. The van der Waals surface area contributed by atoms with Crippen LogP contribution < -0.4 is 4.90 Å². The summed E-state index contributed by atoms with van der Waals surface area (Å²) in [5.74, 6) is 0.863. The lowest BCUT2D eigenvalue weighted by atomic mass is 9.95. The summed E-state index contributed by atoms with van der Waals surface area (Å²) >= 11 is 1.66. The number of likely N-dealkylation sites (tertiary alicyclic amines) is 1. The van der Waals surface area contributed by atoms with Crippen molar-refractivity contribution in [2.24, 2.45) is 5.92 Å². The number of nitrogens with zero attached hydrogens (tertiary/aromatic N) is 3. The van der Waals surface area contributed by atoms with Gasteiger partial charge in [-0.15, -0.1) is 11.3 Å². The molecule has 0 atom stereocenters. The van der Waals surface area contributed by atoms with E-state index < -0.39 is 0 Å². The van der Waals surface area contributed by atoms with Crippen LogP contribution in [0.25, 0.3) is 0 Å². The number of anilines is 1. The Kier molecular flexibility index (Phi) is 4.91. The van der Waals surface area contributed by atoms with Gasteiger partial charge in [-0.05, 0) is 44.7 Å². The molecule has 3 heterocycles. The molecule has 0 aliphatic carbocycles. The number of hydrogen-bond donors (Lipinski definition) is 1. The Labute approximate surface area is 125 Å². The first-order valence-corrected chi connectivity index (χ1v) is 8.75. The van der Waals surface area contributed by atoms with E-state index in [4.69, 9.17) is 5.11 Å². The average Bonchev–Trinajstić information content (AvgIpc) is 2.98. The zero-order chi connectivity index (χ0) is 13.8. The first-order chi connectivity index (χ1) is 9.85. The van der Waals surface area contributed by atoms with E-state index in [0.29, 0.717) is 0 Å². The molecule has 0 radical (unpaired) electrons. The standard InChI is InChI=1S/C15H25N3OS/c19-11-14-12-20-15(16-14)18-8-4-13(5-9-18)10-17-6-2-1-3-7-17/h12-13,19H,1-11H2. The molecule has 2 fully saturated rings. The van der Waals surface area contributed by atoms with Gasteiger partial charge in [0.05, 0.1) is 12.3 Å². The molecule has 0 saturated carbocycles. The van der Waals surface area contributed by atoms with Crippen molar-refractivity contribution in [3.8, 4) is 0 Å². The summed E-state index contributed by atoms with van der Waals surface area (Å²) < 4.78 is 0. The van der Waals surface area contributed by atoms with Crippen LogP contribution >= 0.6 is 11.3 Å². The molecule has 1 aromatic rings. The molecule has 0 amide bonds. The summed E-state index contributed by atoms with van der Waals surface area (Å²) in [5.41, 5.74) is 0.806. The molecule has 3 rings (SSSR count). The van der Waals surface area contributed by atoms with Crippen LogP contribution in [0.2, 0.25) is 0 Å². The van der Waals surface area contributed by atoms with Crippen molar-refractivity contribution in [1.82, 2.24) is 9.88 Å². The molecule has 0 aromatic carbocycles. The van der Waals surface area contributed by atoms with Crippen molar-refractivity contribution >= 4 is 16.5 Å². The number of piperidine rings is 2. The van der Waals surface area contributed by atoms with Crippen LogP contribution in [0.4, 0.5) is 5.13 Å². The first-order valence-electron chi connectivity index (χ1n) is 7.87. The number of hydrogen-bond acceptors (Lipinski definition) is 5. The Hall–Kier alpha value is -0.650. The zero-order valence-electron chi connectivity index (χ0n) is 12.1. The summed E-state index contributed by atoms with van der Waals surface area (Å²) in [4.78, 5) is 9.53. The number of thiazole rings is 1. The second kappa shape index (κ2) is 6.87. The summed E-state index contributed by atoms with van der Waals surface area (Å²) in [7, 11) is 0. The number of aromatic nitrogens is 1. The lowest BCUT2D eigenvalue weighted by Gasteiger charge is -2.36. The van der Waals surface area contributed by atoms with Gasteiger partial charge in [-0.2, -0.15) is 0 Å². The average molecular weight is 295 g/mol. The Morgan fingerprint density at radius 3 is 2.55 bits per heavy atom. The molecule has 2 saturated heterocycles. The highest BCUT2D eigenvalue weighted by Crippen LogP contribution is 2.27. The van der Waals surface area contributed by atoms with E-state index in [2.05, 4.69) is 14.8 Å². The Bertz CT molecular complexity index is 409. The van der Waals surface area contributed by atoms with Crippen molar-refractivity contribution in [3.05, 3.63) is 11.1 Å². The monoisotopic (exact) mass is 295 g/mol. The lowest BCUT2D eigenvalue weighted by molar-refractivity contribution is 0.181. The Balaban J connectivity index is 1.46. The van der Waals surface area contributed by atoms with Gasteiger partial charge in [0.2, 0.25) is 0 Å². The Morgan fingerprint density at radius 2 is 1.90 bits per heavy atom. The van der Waals surface area contributed by atoms with E-state index >= 15 is 0 Å². The summed E-state index contributed by atoms with van der Waals surface area (Å²) in [5, 5.41) is 12.1. The third kappa shape index (κ3) is 3.51. The van der Waals surface area contributed by atoms with Gasteiger partial charge in [0.25, 0.3) is 0 Å². The molecule has 0 bridgehead atoms. The molecule has 2 aliphatic heterocycles. The summed E-state index contributed by atoms with van der Waals surface area (Å²) in [6.07, 6.45) is 6.77. The molecule has 2 aliphatic rings. The van der Waals surface area contributed by atoms with E-state index in [0.717, 1.165) is 29.8 Å². The van der Waals surface area contributed by atoms with Gasteiger partial charge >= 0.3 is 0 Å². The quantitative estimate of drug-likeness (QED) is 0.925. The van der Waals surface area contributed by atoms with E-state index in [-0.39, 0.29) is 6.61 Å². The lowest BCUT2D eigenvalue weighted by Crippen LogP contribution is -2.40. The van der Waals surface area contributed by atoms with Crippen LogP contribution in [0.5, 0.6) is 0 Å². The fraction of sp³-hybridized carbons (Fsp3) is 0.800. The van der Waals surface area contributed by atoms with Gasteiger partial charge < -0.3 is 14.9 Å². The molecule has 5 heteroatoms. The first kappa shape index (κ1) is 14.3. The molecule has 20 heavy (non-hydrogen) atoms. The zero-order valence-corrected chi connectivity index (χ0v) is 12.9. The topological polar surface area (TPSA) is 39.6 Å². The van der Waals surface area contributed by atoms with Gasteiger partial charge in [0.15, 0.2) is 5.13 Å². The predicted octanol–water partition coefficient (Wildman–Crippen LogP) is 2.34. The van der Waals surface area contributed by atoms with Crippen molar-refractivity contribution in [1.29, 1.82) is 0 Å². The molecular formula is C15H25N3OS. The van der Waals surface area contributed by atoms with Crippen molar-refractivity contribution < 1.29 is 5.11 Å². The third-order valence-electron chi connectivity index (χ3n) is 4.55. The van der Waals surface area contributed by atoms with Gasteiger partial charge in [-0.25, -0.2) is 4.98 Å². The fourth-order valence-electron chi connectivity index (χ4n) is 3.33. The van der Waals surface area contributed by atoms with E-state index in [1.54, 1.807) is 11.3 Å². The second-order valence-electron chi connectivity index (χ2n) is 6.07. The van der Waals surface area contributed by atoms with Crippen LogP contribution in [0.3, 0.4) is 0 Å². The molecule has 0 unspecified atom stereocenters. The maximum absolute atomic E-state index is 9.09. The molecule has 0 spiro atoms. The largest absolute Gasteiger partial charge is 0.390 e. The maximum atomic E-state index is 9.09. The van der Waals surface area contributed by atoms with E-state index in [1.165, 1.54) is 51.7 Å². The van der Waals surface area contributed by atoms with Gasteiger partial charge in [0.1, 0.15) is 0 Å². The minimum atomic E-state index is 0.0575. The number of aliphatic hydroxyl groups is 1. The predicted molar refractivity (Wildman–Crippen MR) is 83.3 cm³/mol. The minimum absolute atomic E-state index is 0.0575. The molecular weight excluding hydrogens is 270 g/mol. The highest BCUT2D eigenvalue weighted by Gasteiger charge is 2.23. The smallest absolute Gasteiger partial charge is 0.185 e. The minimum Gasteiger partial charge on any atom is -0.390 e. The molecule has 1 N–H and O–H groups in total. The van der Waals surface area contributed by atoms with Crippen LogP contribution in [0.15, 0.2) is 5.38 Å². The summed E-state index contributed by atoms with van der Waals surface area (Å²) in [6, 6.07) is 0. The highest BCUT2D eigenvalue weighted by molar-refractivity contribution is 7.13. The third-order valence-corrected chi connectivity index (χ3v) is 5.50. The molecule has 112 valence electrons. The van der Waals surface area contributed by atoms with Crippen molar-refractivity contribution in [2.45, 2.75) is 38.7 Å². The van der Waals surface area contributed by atoms with E-state index in [1.807, 2.05) is 5.38 Å². The normalized spacial score (nSPS) is 22.4. The van der Waals surface area contributed by atoms with Crippen molar-refractivity contribution in [3.63, 3.8) is 0 Å². The van der Waals surface area contributed by atoms with Gasteiger partial charge in [-0.3, -0.25) is 0 Å². The van der Waals surface area contributed by atoms with E-state index in [9.17, 15) is 0 Å². The second-order valence-corrected chi connectivity index (χ2v) is 6.91. The van der Waals surface area contributed by atoms with Crippen molar-refractivity contribution in [2.75, 3.05) is 37.6 Å². The van der Waals surface area contributed by atoms with Gasteiger partial charge in [-0.1, -0.05) is 6.42 Å². The van der Waals surface area contributed by atoms with Crippen LogP contribution in [0, 0.1) is 5.92 Å². The van der Waals surface area contributed by atoms with Crippen LogP contribution in [0.1, 0.15) is 37.8 Å².